The largest absolute Gasteiger partial charge is 0.394 e. The van der Waals surface area contributed by atoms with Crippen LogP contribution in [0.25, 0.3) is 0 Å². The minimum atomic E-state index is -1.44. The molecule has 3 rings (SSSR count). The lowest BCUT2D eigenvalue weighted by Crippen LogP contribution is -2.36. The first-order valence-electron chi connectivity index (χ1n) is 9.98. The Hall–Kier alpha value is -2.34. The van der Waals surface area contributed by atoms with E-state index in [1.54, 1.807) is 0 Å². The molecule has 5 N–H and O–H groups in total. The molecule has 5 atom stereocenters. The SMILES string of the molecule is CC(C)(C)C(OCc1cn([C@@H]2O[C@H](CO)[C@@H](O)[C@H]2O)c(=O)nc1NO)c1ccccc1. The fourth-order valence-corrected chi connectivity index (χ4v) is 3.65. The van der Waals surface area contributed by atoms with Gasteiger partial charge in [-0.25, -0.2) is 4.79 Å². The first kappa shape index (κ1) is 23.3. The van der Waals surface area contributed by atoms with Crippen molar-refractivity contribution >= 4 is 5.82 Å². The van der Waals surface area contributed by atoms with Crippen molar-refractivity contribution in [3.05, 3.63) is 58.1 Å². The third kappa shape index (κ3) is 4.95. The van der Waals surface area contributed by atoms with Crippen molar-refractivity contribution in [3.8, 4) is 0 Å². The van der Waals surface area contributed by atoms with Gasteiger partial charge in [-0.1, -0.05) is 51.1 Å². The summed E-state index contributed by atoms with van der Waals surface area (Å²) < 4.78 is 12.6. The summed E-state index contributed by atoms with van der Waals surface area (Å²) in [6, 6.07) is 9.67. The number of nitrogens with zero attached hydrogens (tertiary/aromatic N) is 2. The van der Waals surface area contributed by atoms with Gasteiger partial charge in [0.05, 0.1) is 19.3 Å². The zero-order valence-corrected chi connectivity index (χ0v) is 17.7. The third-order valence-electron chi connectivity index (χ3n) is 5.22. The van der Waals surface area contributed by atoms with E-state index < -0.39 is 36.8 Å². The molecule has 1 aromatic carbocycles. The molecule has 170 valence electrons. The van der Waals surface area contributed by atoms with Crippen LogP contribution >= 0.6 is 0 Å². The molecule has 0 aliphatic carbocycles. The van der Waals surface area contributed by atoms with Gasteiger partial charge in [-0.2, -0.15) is 4.98 Å². The van der Waals surface area contributed by atoms with Gasteiger partial charge in [0.1, 0.15) is 18.3 Å². The van der Waals surface area contributed by atoms with Gasteiger partial charge >= 0.3 is 5.69 Å². The van der Waals surface area contributed by atoms with Crippen LogP contribution < -0.4 is 11.2 Å². The molecule has 1 unspecified atom stereocenters. The number of hydrogen-bond donors (Lipinski definition) is 5. The van der Waals surface area contributed by atoms with E-state index in [0.29, 0.717) is 5.56 Å². The van der Waals surface area contributed by atoms with Crippen LogP contribution in [0.3, 0.4) is 0 Å². The summed E-state index contributed by atoms with van der Waals surface area (Å²) in [5, 5.41) is 39.0. The standard InChI is InChI=1S/C21H29N3O7/c1-21(2,3)17(12-7-5-4-6-8-12)30-11-13-9-24(20(28)22-18(13)23-29)19-16(27)15(26)14(10-25)31-19/h4-9,14-17,19,25-27,29H,10-11H2,1-3H3,(H,22,23,28)/t14-,15-,16-,17?,19-/m1/s1. The molecule has 0 saturated carbocycles. The molecule has 0 amide bonds. The van der Waals surface area contributed by atoms with Crippen LogP contribution in [-0.2, 0) is 16.1 Å². The number of ether oxygens (including phenoxy) is 2. The van der Waals surface area contributed by atoms with Gasteiger partial charge < -0.3 is 24.8 Å². The highest BCUT2D eigenvalue weighted by Crippen LogP contribution is 2.37. The molecule has 1 aliphatic heterocycles. The molecule has 0 bridgehead atoms. The van der Waals surface area contributed by atoms with E-state index in [0.717, 1.165) is 10.1 Å². The van der Waals surface area contributed by atoms with Crippen LogP contribution in [0.1, 0.15) is 44.2 Å². The van der Waals surface area contributed by atoms with Gasteiger partial charge in [0.2, 0.25) is 0 Å². The zero-order chi connectivity index (χ0) is 22.8. The maximum Gasteiger partial charge on any atom is 0.351 e. The monoisotopic (exact) mass is 435 g/mol. The predicted octanol–water partition coefficient (Wildman–Crippen LogP) is 0.960. The molecule has 10 nitrogen and oxygen atoms in total. The molecule has 1 aliphatic rings. The first-order valence-corrected chi connectivity index (χ1v) is 9.98. The van der Waals surface area contributed by atoms with Crippen molar-refractivity contribution in [1.29, 1.82) is 0 Å². The van der Waals surface area contributed by atoms with E-state index in [1.165, 1.54) is 6.20 Å². The van der Waals surface area contributed by atoms with E-state index in [-0.39, 0.29) is 23.9 Å². The number of nitrogens with one attached hydrogen (secondary N) is 1. The molecule has 0 radical (unpaired) electrons. The second-order valence-electron chi connectivity index (χ2n) is 8.61. The molecule has 1 saturated heterocycles. The molecule has 0 spiro atoms. The average molecular weight is 435 g/mol. The molecule has 2 heterocycles. The Balaban J connectivity index is 1.90. The van der Waals surface area contributed by atoms with Crippen molar-refractivity contribution in [2.24, 2.45) is 5.41 Å². The number of benzene rings is 1. The zero-order valence-electron chi connectivity index (χ0n) is 17.7. The van der Waals surface area contributed by atoms with E-state index >= 15 is 0 Å². The number of rotatable bonds is 7. The molecular weight excluding hydrogens is 406 g/mol. The van der Waals surface area contributed by atoms with Crippen molar-refractivity contribution in [2.45, 2.75) is 58.0 Å². The molecule has 31 heavy (non-hydrogen) atoms. The van der Waals surface area contributed by atoms with Crippen molar-refractivity contribution < 1.29 is 30.0 Å². The van der Waals surface area contributed by atoms with E-state index in [2.05, 4.69) is 4.98 Å². The minimum absolute atomic E-state index is 0.0121. The van der Waals surface area contributed by atoms with Crippen molar-refractivity contribution in [2.75, 3.05) is 12.1 Å². The van der Waals surface area contributed by atoms with Crippen LogP contribution in [0.5, 0.6) is 0 Å². The molecule has 2 aromatic rings. The van der Waals surface area contributed by atoms with Gasteiger partial charge in [0.25, 0.3) is 0 Å². The third-order valence-corrected chi connectivity index (χ3v) is 5.22. The van der Waals surface area contributed by atoms with Gasteiger partial charge in [0.15, 0.2) is 12.0 Å². The fraction of sp³-hybridized carbons (Fsp3) is 0.524. The first-order chi connectivity index (χ1) is 14.7. The Labute approximate surface area is 179 Å². The van der Waals surface area contributed by atoms with Crippen molar-refractivity contribution in [3.63, 3.8) is 0 Å². The Morgan fingerprint density at radius 1 is 1.23 bits per heavy atom. The van der Waals surface area contributed by atoms with Crippen LogP contribution in [0, 0.1) is 5.41 Å². The number of aromatic nitrogens is 2. The average Bonchev–Trinajstić information content (AvgIpc) is 3.02. The minimum Gasteiger partial charge on any atom is -0.394 e. The smallest absolute Gasteiger partial charge is 0.351 e. The summed E-state index contributed by atoms with van der Waals surface area (Å²) in [5.74, 6) is -0.0892. The number of aliphatic hydroxyl groups is 3. The highest BCUT2D eigenvalue weighted by Gasteiger charge is 2.44. The second kappa shape index (κ2) is 9.43. The van der Waals surface area contributed by atoms with Crippen LogP contribution in [0.4, 0.5) is 5.82 Å². The maximum absolute atomic E-state index is 12.4. The van der Waals surface area contributed by atoms with Gasteiger partial charge in [-0.05, 0) is 11.0 Å². The summed E-state index contributed by atoms with van der Waals surface area (Å²) in [6.07, 6.45) is -4.03. The predicted molar refractivity (Wildman–Crippen MR) is 110 cm³/mol. The lowest BCUT2D eigenvalue weighted by atomic mass is 9.84. The molecule has 10 heteroatoms. The Bertz CT molecular complexity index is 929. The molecule has 1 fully saturated rings. The van der Waals surface area contributed by atoms with Gasteiger partial charge in [-0.15, -0.1) is 0 Å². The highest BCUT2D eigenvalue weighted by atomic mass is 16.6. The Morgan fingerprint density at radius 2 is 1.90 bits per heavy atom. The van der Waals surface area contributed by atoms with E-state index in [1.807, 2.05) is 56.6 Å². The quantitative estimate of drug-likeness (QED) is 0.401. The number of anilines is 1. The maximum atomic E-state index is 12.4. The Morgan fingerprint density at radius 3 is 2.45 bits per heavy atom. The van der Waals surface area contributed by atoms with Crippen LogP contribution in [0.2, 0.25) is 0 Å². The second-order valence-corrected chi connectivity index (χ2v) is 8.61. The topological polar surface area (TPSA) is 146 Å². The van der Waals surface area contributed by atoms with Crippen LogP contribution in [0.15, 0.2) is 41.3 Å². The lowest BCUT2D eigenvalue weighted by Gasteiger charge is -2.31. The molecule has 1 aromatic heterocycles. The highest BCUT2D eigenvalue weighted by molar-refractivity contribution is 5.39. The molecular formula is C21H29N3O7. The number of hydrogen-bond acceptors (Lipinski definition) is 9. The Kier molecular flexibility index (Phi) is 7.10. The van der Waals surface area contributed by atoms with Gasteiger partial charge in [0, 0.05) is 11.8 Å². The normalized spacial score (nSPS) is 24.9. The fourth-order valence-electron chi connectivity index (χ4n) is 3.65. The van der Waals surface area contributed by atoms with E-state index in [9.17, 15) is 25.3 Å². The van der Waals surface area contributed by atoms with Gasteiger partial charge in [-0.3, -0.25) is 15.3 Å². The summed E-state index contributed by atoms with van der Waals surface area (Å²) in [7, 11) is 0. The summed E-state index contributed by atoms with van der Waals surface area (Å²) >= 11 is 0. The number of aliphatic hydroxyl groups excluding tert-OH is 3. The van der Waals surface area contributed by atoms with Crippen LogP contribution in [-0.4, -0.2) is 55.0 Å². The lowest BCUT2D eigenvalue weighted by molar-refractivity contribution is -0.0559. The summed E-state index contributed by atoms with van der Waals surface area (Å²) in [4.78, 5) is 16.2. The van der Waals surface area contributed by atoms with E-state index in [4.69, 9.17) is 9.47 Å². The summed E-state index contributed by atoms with van der Waals surface area (Å²) in [6.45, 7) is 5.58. The summed E-state index contributed by atoms with van der Waals surface area (Å²) in [5.41, 5.74) is 2.14. The van der Waals surface area contributed by atoms with Crippen molar-refractivity contribution in [1.82, 2.24) is 9.55 Å².